The lowest BCUT2D eigenvalue weighted by molar-refractivity contribution is -0.149. The van der Waals surface area contributed by atoms with Crippen LogP contribution in [0, 0.1) is 0 Å². The molecular formula is C12H13NO2. The van der Waals surface area contributed by atoms with Crippen LogP contribution in [0.5, 0.6) is 0 Å². The number of carbonyl (C=O) groups excluding carboxylic acids is 1. The van der Waals surface area contributed by atoms with Gasteiger partial charge in [0, 0.05) is 13.1 Å². The molecule has 1 unspecified atom stereocenters. The molecule has 0 spiro atoms. The van der Waals surface area contributed by atoms with Crippen LogP contribution in [0.4, 0.5) is 0 Å². The van der Waals surface area contributed by atoms with Gasteiger partial charge in [0.05, 0.1) is 5.52 Å². The molecule has 0 fully saturated rings. The van der Waals surface area contributed by atoms with E-state index in [1.807, 2.05) is 48.0 Å². The second kappa shape index (κ2) is 3.77. The Balaban J connectivity index is 2.39. The summed E-state index contributed by atoms with van der Waals surface area (Å²) in [4.78, 5) is 10.8. The number of carbonyl (C=O) groups is 1. The highest BCUT2D eigenvalue weighted by molar-refractivity contribution is 5.80. The van der Waals surface area contributed by atoms with Crippen LogP contribution in [0.2, 0.25) is 0 Å². The molecule has 1 aromatic carbocycles. The van der Waals surface area contributed by atoms with Gasteiger partial charge in [-0.25, -0.2) is 0 Å². The lowest BCUT2D eigenvalue weighted by atomic mass is 10.2. The number of fused-ring (bicyclic) bond motifs is 1. The van der Waals surface area contributed by atoms with Crippen LogP contribution in [0.15, 0.2) is 36.5 Å². The third kappa shape index (κ3) is 1.86. The molecule has 0 bridgehead atoms. The van der Waals surface area contributed by atoms with Crippen LogP contribution in [0.3, 0.4) is 0 Å². The maximum Gasteiger partial charge on any atom is 0.304 e. The highest BCUT2D eigenvalue weighted by Gasteiger charge is 2.09. The van der Waals surface area contributed by atoms with E-state index in [0.717, 1.165) is 10.9 Å². The van der Waals surface area contributed by atoms with Crippen LogP contribution < -0.4 is 0 Å². The van der Waals surface area contributed by atoms with E-state index in [2.05, 4.69) is 0 Å². The van der Waals surface area contributed by atoms with E-state index >= 15 is 0 Å². The molecule has 2 aromatic rings. The largest absolute Gasteiger partial charge is 0.442 e. The van der Waals surface area contributed by atoms with Crippen LogP contribution >= 0.6 is 0 Å². The van der Waals surface area contributed by atoms with Crippen molar-refractivity contribution in [2.75, 3.05) is 0 Å². The van der Waals surface area contributed by atoms with Gasteiger partial charge in [-0.2, -0.15) is 0 Å². The second-order valence-corrected chi connectivity index (χ2v) is 3.49. The van der Waals surface area contributed by atoms with Gasteiger partial charge in [0.2, 0.25) is 0 Å². The van der Waals surface area contributed by atoms with Crippen molar-refractivity contribution in [3.8, 4) is 0 Å². The number of hydrogen-bond acceptors (Lipinski definition) is 2. The van der Waals surface area contributed by atoms with E-state index in [0.29, 0.717) is 0 Å². The second-order valence-electron chi connectivity index (χ2n) is 3.49. The van der Waals surface area contributed by atoms with E-state index in [9.17, 15) is 4.79 Å². The molecule has 0 aliphatic rings. The van der Waals surface area contributed by atoms with Crippen molar-refractivity contribution in [3.63, 3.8) is 0 Å². The summed E-state index contributed by atoms with van der Waals surface area (Å²) in [6, 6.07) is 10.0. The van der Waals surface area contributed by atoms with Gasteiger partial charge in [0.1, 0.15) is 0 Å². The monoisotopic (exact) mass is 203 g/mol. The quantitative estimate of drug-likeness (QED) is 0.703. The van der Waals surface area contributed by atoms with E-state index < -0.39 is 0 Å². The van der Waals surface area contributed by atoms with Crippen LogP contribution in [0.25, 0.3) is 10.9 Å². The van der Waals surface area contributed by atoms with Crippen molar-refractivity contribution in [1.82, 2.24) is 4.57 Å². The molecule has 0 amide bonds. The van der Waals surface area contributed by atoms with Gasteiger partial charge >= 0.3 is 5.97 Å². The number of ether oxygens (including phenoxy) is 1. The number of benzene rings is 1. The maximum absolute atomic E-state index is 10.8. The summed E-state index contributed by atoms with van der Waals surface area (Å²) in [7, 11) is 0. The predicted molar refractivity (Wildman–Crippen MR) is 58.4 cm³/mol. The minimum atomic E-state index is -0.264. The van der Waals surface area contributed by atoms with E-state index in [1.54, 1.807) is 0 Å². The highest BCUT2D eigenvalue weighted by Crippen LogP contribution is 2.20. The minimum absolute atomic E-state index is 0.262. The smallest absolute Gasteiger partial charge is 0.304 e. The third-order valence-corrected chi connectivity index (χ3v) is 2.36. The molecule has 0 saturated carbocycles. The Kier molecular flexibility index (Phi) is 2.46. The molecule has 0 saturated heterocycles. The van der Waals surface area contributed by atoms with Gasteiger partial charge in [0.15, 0.2) is 6.23 Å². The summed E-state index contributed by atoms with van der Waals surface area (Å²) in [5.74, 6) is -0.264. The lowest BCUT2D eigenvalue weighted by Gasteiger charge is -2.14. The first-order valence-corrected chi connectivity index (χ1v) is 4.91. The summed E-state index contributed by atoms with van der Waals surface area (Å²) in [6.45, 7) is 3.27. The molecule has 0 radical (unpaired) electrons. The Morgan fingerprint density at radius 3 is 2.80 bits per heavy atom. The summed E-state index contributed by atoms with van der Waals surface area (Å²) >= 11 is 0. The van der Waals surface area contributed by atoms with Gasteiger partial charge < -0.3 is 9.30 Å². The molecule has 3 heteroatoms. The SMILES string of the molecule is CC(=O)OC(C)n1ccc2ccccc21. The van der Waals surface area contributed by atoms with Crippen LogP contribution in [-0.4, -0.2) is 10.5 Å². The van der Waals surface area contributed by atoms with Crippen molar-refractivity contribution >= 4 is 16.9 Å². The number of nitrogens with zero attached hydrogens (tertiary/aromatic N) is 1. The molecule has 3 nitrogen and oxygen atoms in total. The Morgan fingerprint density at radius 1 is 1.33 bits per heavy atom. The summed E-state index contributed by atoms with van der Waals surface area (Å²) in [6.07, 6.45) is 1.67. The average molecular weight is 203 g/mol. The fourth-order valence-electron chi connectivity index (χ4n) is 1.72. The van der Waals surface area contributed by atoms with Gasteiger partial charge in [-0.3, -0.25) is 4.79 Å². The highest BCUT2D eigenvalue weighted by atomic mass is 16.6. The molecule has 78 valence electrons. The van der Waals surface area contributed by atoms with Gasteiger partial charge in [-0.15, -0.1) is 0 Å². The lowest BCUT2D eigenvalue weighted by Crippen LogP contribution is -2.11. The first-order valence-electron chi connectivity index (χ1n) is 4.91. The first kappa shape index (κ1) is 9.77. The van der Waals surface area contributed by atoms with Gasteiger partial charge in [-0.05, 0) is 24.4 Å². The molecule has 0 N–H and O–H groups in total. The fraction of sp³-hybridized carbons (Fsp3) is 0.250. The van der Waals surface area contributed by atoms with Crippen molar-refractivity contribution in [2.24, 2.45) is 0 Å². The fourth-order valence-corrected chi connectivity index (χ4v) is 1.72. The van der Waals surface area contributed by atoms with Crippen molar-refractivity contribution in [2.45, 2.75) is 20.1 Å². The number of hydrogen-bond donors (Lipinski definition) is 0. The average Bonchev–Trinajstić information content (AvgIpc) is 2.59. The van der Waals surface area contributed by atoms with Crippen molar-refractivity contribution in [1.29, 1.82) is 0 Å². The molecule has 1 heterocycles. The Hall–Kier alpha value is -1.77. The van der Waals surface area contributed by atoms with E-state index in [-0.39, 0.29) is 12.2 Å². The Morgan fingerprint density at radius 2 is 2.07 bits per heavy atom. The third-order valence-electron chi connectivity index (χ3n) is 2.36. The van der Waals surface area contributed by atoms with E-state index in [4.69, 9.17) is 4.74 Å². The zero-order chi connectivity index (χ0) is 10.8. The molecule has 15 heavy (non-hydrogen) atoms. The predicted octanol–water partition coefficient (Wildman–Crippen LogP) is 2.72. The van der Waals surface area contributed by atoms with Gasteiger partial charge in [0.25, 0.3) is 0 Å². The number of aromatic nitrogens is 1. The summed E-state index contributed by atoms with van der Waals surface area (Å²) < 4.78 is 7.07. The number of para-hydroxylation sites is 1. The molecule has 1 aromatic heterocycles. The summed E-state index contributed by atoms with van der Waals surface area (Å²) in [5.41, 5.74) is 1.08. The minimum Gasteiger partial charge on any atom is -0.442 e. The van der Waals surface area contributed by atoms with Gasteiger partial charge in [-0.1, -0.05) is 18.2 Å². The standard InChI is InChI=1S/C12H13NO2/c1-9(15-10(2)14)13-8-7-11-5-3-4-6-12(11)13/h3-9H,1-2H3. The number of esters is 1. The zero-order valence-corrected chi connectivity index (χ0v) is 8.81. The number of rotatable bonds is 2. The van der Waals surface area contributed by atoms with Crippen LogP contribution in [0.1, 0.15) is 20.1 Å². The van der Waals surface area contributed by atoms with Crippen LogP contribution in [-0.2, 0) is 9.53 Å². The normalized spacial score (nSPS) is 12.7. The molecule has 0 aliphatic carbocycles. The summed E-state index contributed by atoms with van der Waals surface area (Å²) in [5, 5.41) is 1.15. The molecule has 0 aliphatic heterocycles. The van der Waals surface area contributed by atoms with E-state index in [1.165, 1.54) is 6.92 Å². The van der Waals surface area contributed by atoms with Crippen molar-refractivity contribution < 1.29 is 9.53 Å². The molecule has 2 rings (SSSR count). The zero-order valence-electron chi connectivity index (χ0n) is 8.81. The first-order chi connectivity index (χ1) is 7.18. The molecular weight excluding hydrogens is 190 g/mol. The Bertz CT molecular complexity index is 487. The Labute approximate surface area is 88.3 Å². The topological polar surface area (TPSA) is 31.2 Å². The van der Waals surface area contributed by atoms with Crippen molar-refractivity contribution in [3.05, 3.63) is 36.5 Å². The maximum atomic E-state index is 10.8. The molecule has 1 atom stereocenters.